The molecule has 0 saturated heterocycles. The van der Waals surface area contributed by atoms with Gasteiger partial charge in [-0.25, -0.2) is 8.42 Å². The fourth-order valence-electron chi connectivity index (χ4n) is 1.79. The smallest absolute Gasteiger partial charge is 0.191 e. The third-order valence-corrected chi connectivity index (χ3v) is 5.84. The molecule has 1 rings (SSSR count). The predicted molar refractivity (Wildman–Crippen MR) is 93.1 cm³/mol. The van der Waals surface area contributed by atoms with Gasteiger partial charge in [0.05, 0.1) is 4.75 Å². The molecule has 6 heteroatoms. The molecule has 1 aromatic carbocycles. The molecule has 0 fully saturated rings. The summed E-state index contributed by atoms with van der Waals surface area (Å²) in [5.74, 6) is 0.629. The molecule has 0 aliphatic carbocycles. The predicted octanol–water partition coefficient (Wildman–Crippen LogP) is 1.61. The van der Waals surface area contributed by atoms with Gasteiger partial charge < -0.3 is 10.6 Å². The molecule has 0 radical (unpaired) electrons. The van der Waals surface area contributed by atoms with Crippen LogP contribution in [0.2, 0.25) is 0 Å². The van der Waals surface area contributed by atoms with Crippen molar-refractivity contribution < 1.29 is 8.42 Å². The highest BCUT2D eigenvalue weighted by atomic mass is 32.2. The van der Waals surface area contributed by atoms with Gasteiger partial charge in [0, 0.05) is 26.4 Å². The van der Waals surface area contributed by atoms with Crippen LogP contribution in [-0.4, -0.2) is 45.5 Å². The van der Waals surface area contributed by atoms with Gasteiger partial charge in [-0.3, -0.25) is 4.99 Å². The van der Waals surface area contributed by atoms with Gasteiger partial charge in [-0.05, 0) is 32.3 Å². The summed E-state index contributed by atoms with van der Waals surface area (Å²) in [7, 11) is -1.43. The van der Waals surface area contributed by atoms with Crippen LogP contribution in [0.3, 0.4) is 0 Å². The van der Waals surface area contributed by atoms with Crippen molar-refractivity contribution in [1.29, 1.82) is 0 Å². The van der Waals surface area contributed by atoms with E-state index in [1.165, 1.54) is 11.8 Å². The van der Waals surface area contributed by atoms with Crippen molar-refractivity contribution in [2.45, 2.75) is 31.4 Å². The number of benzene rings is 1. The number of aliphatic imine (C=N–C) groups is 1. The molecule has 0 aliphatic rings. The number of hydrogen-bond acceptors (Lipinski definition) is 3. The fourth-order valence-corrected chi connectivity index (χ4v) is 2.13. The third-order valence-electron chi connectivity index (χ3n) is 3.69. The Bertz CT molecular complexity index is 581. The van der Waals surface area contributed by atoms with E-state index in [-0.39, 0.29) is 0 Å². The Morgan fingerprint density at radius 3 is 2.36 bits per heavy atom. The van der Waals surface area contributed by atoms with E-state index in [1.54, 1.807) is 20.9 Å². The van der Waals surface area contributed by atoms with E-state index < -0.39 is 14.6 Å². The van der Waals surface area contributed by atoms with E-state index in [0.717, 1.165) is 19.4 Å². The number of aryl methyl sites for hydroxylation is 1. The van der Waals surface area contributed by atoms with Crippen LogP contribution in [0.15, 0.2) is 35.3 Å². The van der Waals surface area contributed by atoms with Crippen molar-refractivity contribution in [2.75, 3.05) is 26.4 Å². The highest BCUT2D eigenvalue weighted by Gasteiger charge is 2.30. The molecule has 2 N–H and O–H groups in total. The van der Waals surface area contributed by atoms with Gasteiger partial charge in [-0.15, -0.1) is 0 Å². The third kappa shape index (κ3) is 6.05. The zero-order valence-electron chi connectivity index (χ0n) is 13.9. The van der Waals surface area contributed by atoms with Crippen molar-refractivity contribution in [3.63, 3.8) is 0 Å². The van der Waals surface area contributed by atoms with E-state index >= 15 is 0 Å². The minimum absolute atomic E-state index is 0.324. The number of hydrogen-bond donors (Lipinski definition) is 2. The lowest BCUT2D eigenvalue weighted by Gasteiger charge is -2.24. The molecule has 22 heavy (non-hydrogen) atoms. The van der Waals surface area contributed by atoms with Crippen molar-refractivity contribution in [1.82, 2.24) is 10.6 Å². The number of nitrogens with one attached hydrogen (secondary N) is 2. The average molecular weight is 325 g/mol. The lowest BCUT2D eigenvalue weighted by Crippen LogP contribution is -2.47. The van der Waals surface area contributed by atoms with Crippen LogP contribution in [0.5, 0.6) is 0 Å². The lowest BCUT2D eigenvalue weighted by molar-refractivity contribution is 0.544. The summed E-state index contributed by atoms with van der Waals surface area (Å²) in [6, 6.07) is 10.3. The maximum Gasteiger partial charge on any atom is 0.191 e. The molecule has 0 spiro atoms. The van der Waals surface area contributed by atoms with Gasteiger partial charge in [-0.1, -0.05) is 30.3 Å². The molecule has 124 valence electrons. The quantitative estimate of drug-likeness (QED) is 0.454. The molecule has 0 bridgehead atoms. The molecule has 0 amide bonds. The minimum Gasteiger partial charge on any atom is -0.356 e. The van der Waals surface area contributed by atoms with Crippen molar-refractivity contribution in [3.8, 4) is 0 Å². The van der Waals surface area contributed by atoms with Crippen molar-refractivity contribution >= 4 is 15.8 Å². The average Bonchev–Trinajstić information content (AvgIpc) is 2.46. The van der Waals surface area contributed by atoms with E-state index in [0.29, 0.717) is 12.5 Å². The Kier molecular flexibility index (Phi) is 6.87. The first-order valence-electron chi connectivity index (χ1n) is 7.44. The van der Waals surface area contributed by atoms with Gasteiger partial charge in [-0.2, -0.15) is 0 Å². The first-order valence-corrected chi connectivity index (χ1v) is 9.33. The highest BCUT2D eigenvalue weighted by Crippen LogP contribution is 2.13. The topological polar surface area (TPSA) is 70.6 Å². The Hall–Kier alpha value is -1.56. The summed E-state index contributed by atoms with van der Waals surface area (Å²) in [4.78, 5) is 4.12. The van der Waals surface area contributed by atoms with E-state index in [2.05, 4.69) is 27.8 Å². The zero-order chi connectivity index (χ0) is 16.6. The zero-order valence-corrected chi connectivity index (χ0v) is 14.7. The van der Waals surface area contributed by atoms with Gasteiger partial charge >= 0.3 is 0 Å². The SMILES string of the molecule is CN=C(NCCCc1ccccc1)NCC(C)(C)S(C)(=O)=O. The summed E-state index contributed by atoms with van der Waals surface area (Å²) >= 11 is 0. The van der Waals surface area contributed by atoms with Gasteiger partial charge in [0.2, 0.25) is 0 Å². The number of rotatable bonds is 7. The largest absolute Gasteiger partial charge is 0.356 e. The van der Waals surface area contributed by atoms with Crippen LogP contribution in [0.4, 0.5) is 0 Å². The van der Waals surface area contributed by atoms with E-state index in [9.17, 15) is 8.42 Å². The summed E-state index contributed by atoms with van der Waals surface area (Å²) < 4.78 is 22.5. The maximum absolute atomic E-state index is 11.7. The normalized spacial score (nSPS) is 13.0. The second-order valence-corrected chi connectivity index (χ2v) is 8.62. The van der Waals surface area contributed by atoms with E-state index in [1.807, 2.05) is 18.2 Å². The second kappa shape index (κ2) is 8.17. The van der Waals surface area contributed by atoms with Crippen molar-refractivity contribution in [2.24, 2.45) is 4.99 Å². The Morgan fingerprint density at radius 2 is 1.82 bits per heavy atom. The number of sulfone groups is 1. The molecule has 0 unspecified atom stereocenters. The van der Waals surface area contributed by atoms with Crippen LogP contribution >= 0.6 is 0 Å². The summed E-state index contributed by atoms with van der Waals surface area (Å²) in [6.07, 6.45) is 3.24. The highest BCUT2D eigenvalue weighted by molar-refractivity contribution is 7.92. The molecule has 0 atom stereocenters. The molecular weight excluding hydrogens is 298 g/mol. The molecule has 0 aromatic heterocycles. The van der Waals surface area contributed by atoms with Gasteiger partial charge in [0.15, 0.2) is 15.8 Å². The Balaban J connectivity index is 2.34. The summed E-state index contributed by atoms with van der Waals surface area (Å²) in [5.41, 5.74) is 1.31. The summed E-state index contributed by atoms with van der Waals surface area (Å²) in [5, 5.41) is 6.28. The van der Waals surface area contributed by atoms with Crippen LogP contribution in [0.1, 0.15) is 25.8 Å². The Morgan fingerprint density at radius 1 is 1.18 bits per heavy atom. The number of nitrogens with zero attached hydrogens (tertiary/aromatic N) is 1. The van der Waals surface area contributed by atoms with Crippen LogP contribution < -0.4 is 10.6 Å². The standard InChI is InChI=1S/C16H27N3O2S/c1-16(2,22(4,20)21)13-19-15(17-3)18-12-8-11-14-9-6-5-7-10-14/h5-7,9-10H,8,11-13H2,1-4H3,(H2,17,18,19). The maximum atomic E-state index is 11.7. The molecule has 5 nitrogen and oxygen atoms in total. The minimum atomic E-state index is -3.11. The lowest BCUT2D eigenvalue weighted by atomic mass is 10.1. The van der Waals surface area contributed by atoms with Crippen LogP contribution in [-0.2, 0) is 16.3 Å². The van der Waals surface area contributed by atoms with Crippen LogP contribution in [0.25, 0.3) is 0 Å². The van der Waals surface area contributed by atoms with E-state index in [4.69, 9.17) is 0 Å². The molecule has 0 aliphatic heterocycles. The molecule has 0 saturated carbocycles. The van der Waals surface area contributed by atoms with Crippen LogP contribution in [0, 0.1) is 0 Å². The molecular formula is C16H27N3O2S. The summed E-state index contributed by atoms with van der Waals surface area (Å²) in [6.45, 7) is 4.52. The van der Waals surface area contributed by atoms with Gasteiger partial charge in [0.1, 0.15) is 0 Å². The van der Waals surface area contributed by atoms with Gasteiger partial charge in [0.25, 0.3) is 0 Å². The number of guanidine groups is 1. The first-order chi connectivity index (χ1) is 10.3. The fraction of sp³-hybridized carbons (Fsp3) is 0.562. The Labute approximate surface area is 134 Å². The van der Waals surface area contributed by atoms with Crippen molar-refractivity contribution in [3.05, 3.63) is 35.9 Å². The molecule has 1 aromatic rings. The monoisotopic (exact) mass is 325 g/mol. The molecule has 0 heterocycles. The first kappa shape index (κ1) is 18.5. The second-order valence-electron chi connectivity index (χ2n) is 5.97.